The van der Waals surface area contributed by atoms with E-state index in [-0.39, 0.29) is 5.57 Å². The van der Waals surface area contributed by atoms with Crippen LogP contribution in [0.2, 0.25) is 0 Å². The van der Waals surface area contributed by atoms with E-state index in [1.165, 1.54) is 0 Å². The lowest BCUT2D eigenvalue weighted by molar-refractivity contribution is -0.135. The molecule has 1 aliphatic rings. The van der Waals surface area contributed by atoms with Crippen molar-refractivity contribution in [2.24, 2.45) is 0 Å². The number of carboxylic acid groups (broad SMARTS) is 1. The number of hydrogen-bond donors (Lipinski definition) is 1. The van der Waals surface area contributed by atoms with Crippen LogP contribution in [0.4, 0.5) is 8.78 Å². The molecule has 0 fully saturated rings. The molecule has 0 aromatic rings. The van der Waals surface area contributed by atoms with Gasteiger partial charge in [-0.2, -0.15) is 8.78 Å². The van der Waals surface area contributed by atoms with Crippen LogP contribution in [0.25, 0.3) is 0 Å². The van der Waals surface area contributed by atoms with Crippen LogP contribution < -0.4 is 0 Å². The average molecular weight is 169 g/mol. The summed E-state index contributed by atoms with van der Waals surface area (Å²) >= 11 is 4.95. The first kappa shape index (κ1) is 7.47. The van der Waals surface area contributed by atoms with Crippen molar-refractivity contribution in [3.8, 4) is 0 Å². The summed E-state index contributed by atoms with van der Waals surface area (Å²) in [5.74, 6) is -4.47. The highest BCUT2D eigenvalue weighted by Gasteiger charge is 2.48. The summed E-state index contributed by atoms with van der Waals surface area (Å²) in [5, 5.41) is 7.33. The summed E-state index contributed by atoms with van der Waals surface area (Å²) in [5.41, 5.74) is -0.383. The van der Waals surface area contributed by atoms with Crippen molar-refractivity contribution in [2.45, 2.75) is 12.3 Å². The molecule has 56 valence electrons. The Morgan fingerprint density at radius 3 is 2.30 bits per heavy atom. The standard InChI is InChI=1S/C5H3ClF2O2/c6-3-2(4(9)10)1-5(3,7)8/h1H2,(H,9,10). The number of allylic oxidation sites excluding steroid dienone is 1. The molecular weight excluding hydrogens is 166 g/mol. The lowest BCUT2D eigenvalue weighted by Gasteiger charge is -2.26. The monoisotopic (exact) mass is 168 g/mol. The molecule has 0 saturated heterocycles. The molecule has 0 spiro atoms. The van der Waals surface area contributed by atoms with Crippen molar-refractivity contribution in [2.75, 3.05) is 0 Å². The quantitative estimate of drug-likeness (QED) is 0.646. The molecule has 10 heavy (non-hydrogen) atoms. The van der Waals surface area contributed by atoms with Gasteiger partial charge in [-0.25, -0.2) is 4.79 Å². The summed E-state index contributed by atoms with van der Waals surface area (Å²) in [7, 11) is 0. The Morgan fingerprint density at radius 1 is 1.70 bits per heavy atom. The van der Waals surface area contributed by atoms with Crippen LogP contribution in [0.1, 0.15) is 6.42 Å². The molecule has 1 N–H and O–H groups in total. The number of aliphatic carboxylic acids is 1. The number of halogens is 3. The van der Waals surface area contributed by atoms with E-state index < -0.39 is 23.3 Å². The molecule has 0 amide bonds. The molecule has 2 nitrogen and oxygen atoms in total. The molecule has 0 heterocycles. The van der Waals surface area contributed by atoms with Crippen molar-refractivity contribution in [3.63, 3.8) is 0 Å². The second-order valence-corrected chi connectivity index (χ2v) is 2.36. The Morgan fingerprint density at radius 2 is 2.20 bits per heavy atom. The first-order valence-corrected chi connectivity index (χ1v) is 2.83. The summed E-state index contributed by atoms with van der Waals surface area (Å²) < 4.78 is 24.2. The maximum Gasteiger partial charge on any atom is 0.333 e. The third-order valence-corrected chi connectivity index (χ3v) is 1.75. The molecule has 0 bridgehead atoms. The van der Waals surface area contributed by atoms with Gasteiger partial charge in [-0.3, -0.25) is 0 Å². The molecule has 0 saturated carbocycles. The van der Waals surface area contributed by atoms with Crippen molar-refractivity contribution in [1.82, 2.24) is 0 Å². The zero-order valence-corrected chi connectivity index (χ0v) is 5.45. The minimum Gasteiger partial charge on any atom is -0.478 e. The normalized spacial score (nSPS) is 22.3. The van der Waals surface area contributed by atoms with E-state index >= 15 is 0 Å². The van der Waals surface area contributed by atoms with Crippen LogP contribution in [0.5, 0.6) is 0 Å². The fraction of sp³-hybridized carbons (Fsp3) is 0.400. The average Bonchev–Trinajstić information content (AvgIpc) is 1.82. The molecule has 0 radical (unpaired) electrons. The summed E-state index contributed by atoms with van der Waals surface area (Å²) in [6.07, 6.45) is -0.749. The van der Waals surface area contributed by atoms with E-state index in [1.807, 2.05) is 0 Å². The van der Waals surface area contributed by atoms with Crippen molar-refractivity contribution >= 4 is 17.6 Å². The molecule has 5 heteroatoms. The van der Waals surface area contributed by atoms with Gasteiger partial charge in [-0.05, 0) is 0 Å². The van der Waals surface area contributed by atoms with E-state index in [2.05, 4.69) is 0 Å². The van der Waals surface area contributed by atoms with E-state index in [4.69, 9.17) is 16.7 Å². The predicted octanol–water partition coefficient (Wildman–Crippen LogP) is 1.60. The van der Waals surface area contributed by atoms with E-state index in [0.717, 1.165) is 0 Å². The zero-order valence-electron chi connectivity index (χ0n) is 4.70. The number of hydrogen-bond acceptors (Lipinski definition) is 1. The second-order valence-electron chi connectivity index (χ2n) is 1.98. The van der Waals surface area contributed by atoms with E-state index in [0.29, 0.717) is 0 Å². The zero-order chi connectivity index (χ0) is 7.94. The third kappa shape index (κ3) is 0.883. The van der Waals surface area contributed by atoms with E-state index in [1.54, 1.807) is 0 Å². The minimum atomic E-state index is -3.10. The summed E-state index contributed by atoms with van der Waals surface area (Å²) in [6, 6.07) is 0. The lowest BCUT2D eigenvalue weighted by Crippen LogP contribution is -2.32. The van der Waals surface area contributed by atoms with Crippen molar-refractivity contribution < 1.29 is 18.7 Å². The van der Waals surface area contributed by atoms with Gasteiger partial charge >= 0.3 is 5.97 Å². The van der Waals surface area contributed by atoms with Gasteiger partial charge in [-0.1, -0.05) is 11.6 Å². The number of carboxylic acids is 1. The SMILES string of the molecule is O=C(O)C1=C(Cl)C(F)(F)C1. The molecule has 0 aromatic carbocycles. The predicted molar refractivity (Wildman–Crippen MR) is 30.1 cm³/mol. The lowest BCUT2D eigenvalue weighted by atomic mass is 9.94. The maximum absolute atomic E-state index is 12.1. The highest BCUT2D eigenvalue weighted by atomic mass is 35.5. The maximum atomic E-state index is 12.1. The molecule has 0 unspecified atom stereocenters. The fourth-order valence-corrected chi connectivity index (χ4v) is 0.875. The fourth-order valence-electron chi connectivity index (χ4n) is 0.661. The summed E-state index contributed by atoms with van der Waals surface area (Å²) in [6.45, 7) is 0. The van der Waals surface area contributed by atoms with Gasteiger partial charge < -0.3 is 5.11 Å². The van der Waals surface area contributed by atoms with Crippen molar-refractivity contribution in [1.29, 1.82) is 0 Å². The van der Waals surface area contributed by atoms with Crippen molar-refractivity contribution in [3.05, 3.63) is 10.6 Å². The third-order valence-electron chi connectivity index (χ3n) is 1.24. The van der Waals surface area contributed by atoms with Crippen LogP contribution in [0, 0.1) is 0 Å². The van der Waals surface area contributed by atoms with Gasteiger partial charge in [-0.15, -0.1) is 0 Å². The Labute approximate surface area is 60.1 Å². The Hall–Kier alpha value is -0.640. The van der Waals surface area contributed by atoms with Gasteiger partial charge in [0.25, 0.3) is 5.92 Å². The van der Waals surface area contributed by atoms with Gasteiger partial charge in [0.15, 0.2) is 0 Å². The van der Waals surface area contributed by atoms with Gasteiger partial charge in [0.1, 0.15) is 0 Å². The molecular formula is C5H3ClF2O2. The van der Waals surface area contributed by atoms with Gasteiger partial charge in [0.05, 0.1) is 17.0 Å². The first-order valence-electron chi connectivity index (χ1n) is 2.45. The second kappa shape index (κ2) is 1.92. The Bertz CT molecular complexity index is 222. The first-order chi connectivity index (χ1) is 4.45. The van der Waals surface area contributed by atoms with Gasteiger partial charge in [0.2, 0.25) is 0 Å². The van der Waals surface area contributed by atoms with Crippen LogP contribution in [-0.2, 0) is 4.79 Å². The molecule has 0 aliphatic heterocycles. The topological polar surface area (TPSA) is 37.3 Å². The van der Waals surface area contributed by atoms with Crippen LogP contribution in [0.3, 0.4) is 0 Å². The Balaban J connectivity index is 2.88. The van der Waals surface area contributed by atoms with Crippen LogP contribution in [-0.4, -0.2) is 17.0 Å². The molecule has 0 atom stereocenters. The van der Waals surface area contributed by atoms with E-state index in [9.17, 15) is 13.6 Å². The van der Waals surface area contributed by atoms with Gasteiger partial charge in [0, 0.05) is 0 Å². The molecule has 0 aromatic heterocycles. The molecule has 1 rings (SSSR count). The highest BCUT2D eigenvalue weighted by Crippen LogP contribution is 2.45. The minimum absolute atomic E-state index is 0.383. The smallest absolute Gasteiger partial charge is 0.333 e. The van der Waals surface area contributed by atoms with Crippen LogP contribution >= 0.6 is 11.6 Å². The van der Waals surface area contributed by atoms with Crippen LogP contribution in [0.15, 0.2) is 10.6 Å². The highest BCUT2D eigenvalue weighted by molar-refractivity contribution is 6.33. The summed E-state index contributed by atoms with van der Waals surface area (Å²) in [4.78, 5) is 10.0. The Kier molecular flexibility index (Phi) is 1.43. The largest absolute Gasteiger partial charge is 0.478 e. The number of carbonyl (C=O) groups is 1. The number of alkyl halides is 2. The molecule has 1 aliphatic carbocycles. The number of rotatable bonds is 1.